The Morgan fingerprint density at radius 2 is 1.57 bits per heavy atom. The number of rotatable bonds is 10. The molecule has 0 fully saturated rings. The van der Waals surface area contributed by atoms with Crippen LogP contribution in [0.3, 0.4) is 0 Å². The first kappa shape index (κ1) is 25.4. The quantitative estimate of drug-likeness (QED) is 0.224. The Balaban J connectivity index is 1.31. The molecule has 0 aliphatic carbocycles. The highest BCUT2D eigenvalue weighted by Gasteiger charge is 2.19. The molecule has 6 heteroatoms. The van der Waals surface area contributed by atoms with E-state index in [0.717, 1.165) is 22.4 Å². The zero-order valence-corrected chi connectivity index (χ0v) is 20.6. The van der Waals surface area contributed by atoms with Crippen molar-refractivity contribution >= 4 is 18.0 Å². The van der Waals surface area contributed by atoms with Gasteiger partial charge in [-0.05, 0) is 60.0 Å². The molecular formula is C31H29N3O3. The summed E-state index contributed by atoms with van der Waals surface area (Å²) in [4.78, 5) is 25.3. The van der Waals surface area contributed by atoms with Crippen molar-refractivity contribution in [1.29, 1.82) is 0 Å². The number of nitrogens with one attached hydrogen (secondary N) is 2. The van der Waals surface area contributed by atoms with Crippen molar-refractivity contribution in [3.63, 3.8) is 0 Å². The Bertz CT molecular complexity index is 1340. The molecule has 2 N–H and O–H groups in total. The SMILES string of the molecule is Cc1cccc(COc2ccc(/C=N\NC(=O)C[C@@H](NC(=O)c3ccccc3)c3ccccc3)cc2)c1. The van der Waals surface area contributed by atoms with Gasteiger partial charge in [0.1, 0.15) is 12.4 Å². The van der Waals surface area contributed by atoms with Crippen LogP contribution in [-0.4, -0.2) is 18.0 Å². The number of benzene rings is 4. The van der Waals surface area contributed by atoms with Gasteiger partial charge in [0.25, 0.3) is 5.91 Å². The first-order chi connectivity index (χ1) is 18.1. The minimum atomic E-state index is -0.492. The fourth-order valence-electron chi connectivity index (χ4n) is 3.80. The Kier molecular flexibility index (Phi) is 8.81. The summed E-state index contributed by atoms with van der Waals surface area (Å²) >= 11 is 0. The highest BCUT2D eigenvalue weighted by Crippen LogP contribution is 2.18. The van der Waals surface area contributed by atoms with Crippen molar-refractivity contribution in [2.75, 3.05) is 0 Å². The molecule has 4 aromatic rings. The van der Waals surface area contributed by atoms with Crippen molar-refractivity contribution in [3.05, 3.63) is 137 Å². The summed E-state index contributed by atoms with van der Waals surface area (Å²) < 4.78 is 5.85. The van der Waals surface area contributed by atoms with Crippen LogP contribution in [0.5, 0.6) is 5.75 Å². The number of aryl methyl sites for hydroxylation is 1. The molecule has 0 spiro atoms. The van der Waals surface area contributed by atoms with Gasteiger partial charge in [-0.3, -0.25) is 9.59 Å². The fraction of sp³-hybridized carbons (Fsp3) is 0.129. The summed E-state index contributed by atoms with van der Waals surface area (Å²) in [6.45, 7) is 2.55. The minimum absolute atomic E-state index is 0.0473. The first-order valence-corrected chi connectivity index (χ1v) is 12.1. The van der Waals surface area contributed by atoms with E-state index in [2.05, 4.69) is 34.9 Å². The molecule has 4 aromatic carbocycles. The van der Waals surface area contributed by atoms with E-state index in [4.69, 9.17) is 4.74 Å². The predicted octanol–water partition coefficient (Wildman–Crippen LogP) is 5.59. The van der Waals surface area contributed by atoms with E-state index in [9.17, 15) is 9.59 Å². The van der Waals surface area contributed by atoms with Gasteiger partial charge in [-0.15, -0.1) is 0 Å². The maximum absolute atomic E-state index is 12.7. The van der Waals surface area contributed by atoms with Crippen LogP contribution < -0.4 is 15.5 Å². The molecule has 6 nitrogen and oxygen atoms in total. The molecule has 0 bridgehead atoms. The van der Waals surface area contributed by atoms with E-state index in [-0.39, 0.29) is 18.2 Å². The van der Waals surface area contributed by atoms with Crippen LogP contribution in [0.25, 0.3) is 0 Å². The monoisotopic (exact) mass is 491 g/mol. The largest absolute Gasteiger partial charge is 0.489 e. The van der Waals surface area contributed by atoms with E-state index in [1.54, 1.807) is 30.5 Å². The van der Waals surface area contributed by atoms with Gasteiger partial charge in [-0.2, -0.15) is 5.10 Å². The molecule has 0 aliphatic heterocycles. The van der Waals surface area contributed by atoms with Crippen molar-refractivity contribution in [2.24, 2.45) is 5.10 Å². The molecule has 186 valence electrons. The van der Waals surface area contributed by atoms with Crippen molar-refractivity contribution < 1.29 is 14.3 Å². The Morgan fingerprint density at radius 3 is 2.27 bits per heavy atom. The number of carbonyl (C=O) groups is 2. The van der Waals surface area contributed by atoms with Crippen LogP contribution in [0, 0.1) is 6.92 Å². The number of nitrogens with zero attached hydrogens (tertiary/aromatic N) is 1. The van der Waals surface area contributed by atoms with Crippen molar-refractivity contribution in [2.45, 2.75) is 26.0 Å². The lowest BCUT2D eigenvalue weighted by Gasteiger charge is -2.18. The highest BCUT2D eigenvalue weighted by atomic mass is 16.5. The van der Waals surface area contributed by atoms with E-state index < -0.39 is 6.04 Å². The standard InChI is InChI=1S/C31H29N3O3/c1-23-9-8-10-25(19-23)22-37-28-17-15-24(16-18-28)21-32-34-30(35)20-29(26-11-4-2-5-12-26)33-31(36)27-13-6-3-7-14-27/h2-19,21,29H,20,22H2,1H3,(H,33,36)(H,34,35)/b32-21-/t29-/m1/s1. The van der Waals surface area contributed by atoms with E-state index in [0.29, 0.717) is 12.2 Å². The lowest BCUT2D eigenvalue weighted by Crippen LogP contribution is -2.32. The maximum atomic E-state index is 12.7. The Labute approximate surface area is 217 Å². The molecule has 37 heavy (non-hydrogen) atoms. The van der Waals surface area contributed by atoms with Gasteiger partial charge in [0.2, 0.25) is 5.91 Å². The van der Waals surface area contributed by atoms with Gasteiger partial charge in [0.15, 0.2) is 0 Å². The number of ether oxygens (including phenoxy) is 1. The van der Waals surface area contributed by atoms with E-state index in [1.807, 2.05) is 72.8 Å². The summed E-state index contributed by atoms with van der Waals surface area (Å²) in [7, 11) is 0. The summed E-state index contributed by atoms with van der Waals surface area (Å²) in [5.74, 6) is 0.203. The smallest absolute Gasteiger partial charge is 0.251 e. The summed E-state index contributed by atoms with van der Waals surface area (Å²) in [5, 5.41) is 7.04. The number of hydrogen-bond donors (Lipinski definition) is 2. The second-order valence-electron chi connectivity index (χ2n) is 8.65. The number of carbonyl (C=O) groups excluding carboxylic acids is 2. The van der Waals surface area contributed by atoms with Crippen LogP contribution in [0.2, 0.25) is 0 Å². The highest BCUT2D eigenvalue weighted by molar-refractivity contribution is 5.94. The van der Waals surface area contributed by atoms with Gasteiger partial charge < -0.3 is 10.1 Å². The average molecular weight is 492 g/mol. The molecule has 0 radical (unpaired) electrons. The summed E-state index contributed by atoms with van der Waals surface area (Å²) in [6, 6.07) is 33.5. The van der Waals surface area contributed by atoms with Gasteiger partial charge in [0.05, 0.1) is 18.7 Å². The zero-order valence-electron chi connectivity index (χ0n) is 20.6. The van der Waals surface area contributed by atoms with E-state index in [1.165, 1.54) is 5.56 Å². The molecule has 2 amide bonds. The fourth-order valence-corrected chi connectivity index (χ4v) is 3.80. The van der Waals surface area contributed by atoms with Crippen LogP contribution in [0.4, 0.5) is 0 Å². The van der Waals surface area contributed by atoms with Crippen LogP contribution in [0.1, 0.15) is 45.1 Å². The first-order valence-electron chi connectivity index (χ1n) is 12.1. The average Bonchev–Trinajstić information content (AvgIpc) is 2.93. The van der Waals surface area contributed by atoms with Crippen molar-refractivity contribution in [3.8, 4) is 5.75 Å². The van der Waals surface area contributed by atoms with Crippen LogP contribution in [-0.2, 0) is 11.4 Å². The topological polar surface area (TPSA) is 79.8 Å². The molecule has 0 aromatic heterocycles. The third-order valence-corrected chi connectivity index (χ3v) is 5.70. The molecule has 1 atom stereocenters. The zero-order chi connectivity index (χ0) is 25.9. The van der Waals surface area contributed by atoms with Gasteiger partial charge in [-0.1, -0.05) is 78.4 Å². The molecule has 4 rings (SSSR count). The van der Waals surface area contributed by atoms with Crippen molar-refractivity contribution in [1.82, 2.24) is 10.7 Å². The number of hydrogen-bond acceptors (Lipinski definition) is 4. The summed E-state index contributed by atoms with van der Waals surface area (Å²) in [5.41, 5.74) is 7.06. The lowest BCUT2D eigenvalue weighted by molar-refractivity contribution is -0.121. The predicted molar refractivity (Wildman–Crippen MR) is 145 cm³/mol. The van der Waals surface area contributed by atoms with E-state index >= 15 is 0 Å². The third kappa shape index (κ3) is 7.90. The van der Waals surface area contributed by atoms with Gasteiger partial charge in [0, 0.05) is 5.56 Å². The minimum Gasteiger partial charge on any atom is -0.489 e. The van der Waals surface area contributed by atoms with Gasteiger partial charge >= 0.3 is 0 Å². The molecule has 0 saturated carbocycles. The second kappa shape index (κ2) is 12.8. The summed E-state index contributed by atoms with van der Waals surface area (Å²) in [6.07, 6.45) is 1.62. The van der Waals surface area contributed by atoms with Gasteiger partial charge in [-0.25, -0.2) is 5.43 Å². The Morgan fingerprint density at radius 1 is 0.865 bits per heavy atom. The normalized spacial score (nSPS) is 11.6. The lowest BCUT2D eigenvalue weighted by atomic mass is 10.0. The maximum Gasteiger partial charge on any atom is 0.251 e. The molecule has 0 heterocycles. The number of amides is 2. The molecular weight excluding hydrogens is 462 g/mol. The molecule has 0 unspecified atom stereocenters. The van der Waals surface area contributed by atoms with Crippen LogP contribution in [0.15, 0.2) is 114 Å². The molecule has 0 saturated heterocycles. The third-order valence-electron chi connectivity index (χ3n) is 5.70. The van der Waals surface area contributed by atoms with Crippen LogP contribution >= 0.6 is 0 Å². The number of hydrazone groups is 1. The molecule has 0 aliphatic rings. The second-order valence-corrected chi connectivity index (χ2v) is 8.65. The Hall–Kier alpha value is -4.71.